The van der Waals surface area contributed by atoms with Gasteiger partial charge in [0.15, 0.2) is 0 Å². The number of rotatable bonds is 9. The number of ether oxygens (including phenoxy) is 1. The zero-order chi connectivity index (χ0) is 14.8. The van der Waals surface area contributed by atoms with Gasteiger partial charge in [0.05, 0.1) is 6.61 Å². The number of carboxylic acid groups (broad SMARTS) is 1. The SMILES string of the molecule is CC(=O)N[C@@H](CSCCCOc1ccccc1)C(=O)O. The molecule has 0 heterocycles. The van der Waals surface area contributed by atoms with Gasteiger partial charge >= 0.3 is 5.97 Å². The Labute approximate surface area is 122 Å². The molecule has 0 aliphatic carbocycles. The van der Waals surface area contributed by atoms with Crippen molar-refractivity contribution >= 4 is 23.6 Å². The number of nitrogens with one attached hydrogen (secondary N) is 1. The van der Waals surface area contributed by atoms with Crippen molar-refractivity contribution in [1.82, 2.24) is 5.32 Å². The van der Waals surface area contributed by atoms with Gasteiger partial charge in [-0.2, -0.15) is 11.8 Å². The summed E-state index contributed by atoms with van der Waals surface area (Å²) in [6, 6.07) is 8.71. The number of hydrogen-bond acceptors (Lipinski definition) is 4. The van der Waals surface area contributed by atoms with E-state index < -0.39 is 12.0 Å². The summed E-state index contributed by atoms with van der Waals surface area (Å²) in [6.45, 7) is 1.91. The molecule has 0 aliphatic heterocycles. The number of amides is 1. The van der Waals surface area contributed by atoms with Crippen LogP contribution in [0.3, 0.4) is 0 Å². The Hall–Kier alpha value is -1.69. The fraction of sp³-hybridized carbons (Fsp3) is 0.429. The van der Waals surface area contributed by atoms with Crippen LogP contribution in [0.2, 0.25) is 0 Å². The van der Waals surface area contributed by atoms with Crippen molar-refractivity contribution < 1.29 is 19.4 Å². The first kappa shape index (κ1) is 16.4. The van der Waals surface area contributed by atoms with Crippen molar-refractivity contribution in [2.75, 3.05) is 18.1 Å². The number of hydrogen-bond donors (Lipinski definition) is 2. The van der Waals surface area contributed by atoms with E-state index in [1.165, 1.54) is 18.7 Å². The summed E-state index contributed by atoms with van der Waals surface area (Å²) >= 11 is 1.49. The van der Waals surface area contributed by atoms with Crippen LogP contribution in [0.1, 0.15) is 13.3 Å². The predicted octanol–water partition coefficient (Wildman–Crippen LogP) is 1.78. The Kier molecular flexibility index (Phi) is 7.57. The summed E-state index contributed by atoms with van der Waals surface area (Å²) in [4.78, 5) is 21.7. The van der Waals surface area contributed by atoms with Gasteiger partial charge < -0.3 is 15.2 Å². The van der Waals surface area contributed by atoms with Gasteiger partial charge in [-0.1, -0.05) is 18.2 Å². The second kappa shape index (κ2) is 9.25. The largest absolute Gasteiger partial charge is 0.494 e. The minimum absolute atomic E-state index is 0.328. The molecule has 5 nitrogen and oxygen atoms in total. The van der Waals surface area contributed by atoms with Gasteiger partial charge in [0, 0.05) is 12.7 Å². The fourth-order valence-electron chi connectivity index (χ4n) is 1.49. The highest BCUT2D eigenvalue weighted by atomic mass is 32.2. The summed E-state index contributed by atoms with van der Waals surface area (Å²) < 4.78 is 5.53. The van der Waals surface area contributed by atoms with Crippen LogP contribution in [0, 0.1) is 0 Å². The highest BCUT2D eigenvalue weighted by molar-refractivity contribution is 7.99. The fourth-order valence-corrected chi connectivity index (χ4v) is 2.44. The third-order valence-electron chi connectivity index (χ3n) is 2.41. The van der Waals surface area contributed by atoms with E-state index in [1.807, 2.05) is 30.3 Å². The van der Waals surface area contributed by atoms with Gasteiger partial charge in [0.1, 0.15) is 11.8 Å². The lowest BCUT2D eigenvalue weighted by atomic mass is 10.3. The average molecular weight is 297 g/mol. The van der Waals surface area contributed by atoms with Crippen LogP contribution in [0.5, 0.6) is 5.75 Å². The molecule has 20 heavy (non-hydrogen) atoms. The first-order chi connectivity index (χ1) is 9.59. The molecule has 0 saturated carbocycles. The van der Waals surface area contributed by atoms with Crippen molar-refractivity contribution in [2.24, 2.45) is 0 Å². The number of carbonyl (C=O) groups is 2. The Morgan fingerprint density at radius 1 is 1.35 bits per heavy atom. The van der Waals surface area contributed by atoms with E-state index in [-0.39, 0.29) is 5.91 Å². The standard InChI is InChI=1S/C14H19NO4S/c1-11(16)15-13(14(17)18)10-20-9-5-8-19-12-6-3-2-4-7-12/h2-4,6-7,13H,5,8-10H2,1H3,(H,15,16)(H,17,18)/t13-/m0/s1. The van der Waals surface area contributed by atoms with Crippen molar-refractivity contribution in [3.8, 4) is 5.75 Å². The third-order valence-corrected chi connectivity index (χ3v) is 3.55. The lowest BCUT2D eigenvalue weighted by molar-refractivity contribution is -0.140. The minimum Gasteiger partial charge on any atom is -0.494 e. The van der Waals surface area contributed by atoms with E-state index in [0.717, 1.165) is 17.9 Å². The first-order valence-corrected chi connectivity index (χ1v) is 7.50. The summed E-state index contributed by atoms with van der Waals surface area (Å²) in [5, 5.41) is 11.3. The predicted molar refractivity (Wildman–Crippen MR) is 79.1 cm³/mol. The second-order valence-electron chi connectivity index (χ2n) is 4.18. The van der Waals surface area contributed by atoms with Gasteiger partial charge in [0.2, 0.25) is 5.91 Å². The molecular weight excluding hydrogens is 278 g/mol. The number of para-hydroxylation sites is 1. The molecule has 0 unspecified atom stereocenters. The van der Waals surface area contributed by atoms with Gasteiger partial charge in [-0.3, -0.25) is 4.79 Å². The van der Waals surface area contributed by atoms with E-state index in [9.17, 15) is 9.59 Å². The molecular formula is C14H19NO4S. The maximum atomic E-state index is 10.9. The highest BCUT2D eigenvalue weighted by Crippen LogP contribution is 2.10. The van der Waals surface area contributed by atoms with Crippen LogP contribution in [0.4, 0.5) is 0 Å². The van der Waals surface area contributed by atoms with Crippen molar-refractivity contribution in [3.63, 3.8) is 0 Å². The molecule has 0 aromatic heterocycles. The quantitative estimate of drug-likeness (QED) is 0.680. The summed E-state index contributed by atoms with van der Waals surface area (Å²) in [5.41, 5.74) is 0. The molecule has 6 heteroatoms. The van der Waals surface area contributed by atoms with Crippen LogP contribution >= 0.6 is 11.8 Å². The number of carboxylic acids is 1. The van der Waals surface area contributed by atoms with Crippen molar-refractivity contribution in [2.45, 2.75) is 19.4 Å². The topological polar surface area (TPSA) is 75.6 Å². The first-order valence-electron chi connectivity index (χ1n) is 6.35. The van der Waals surface area contributed by atoms with Crippen molar-refractivity contribution in [1.29, 1.82) is 0 Å². The van der Waals surface area contributed by atoms with Crippen LogP contribution in [0.15, 0.2) is 30.3 Å². The van der Waals surface area contributed by atoms with Crippen LogP contribution < -0.4 is 10.1 Å². The summed E-state index contributed by atoms with van der Waals surface area (Å²) in [7, 11) is 0. The average Bonchev–Trinajstić information content (AvgIpc) is 2.41. The Morgan fingerprint density at radius 3 is 2.65 bits per heavy atom. The van der Waals surface area contributed by atoms with E-state index >= 15 is 0 Å². The Balaban J connectivity index is 2.11. The number of carbonyl (C=O) groups excluding carboxylic acids is 1. The minimum atomic E-state index is -1.01. The van der Waals surface area contributed by atoms with Gasteiger partial charge in [-0.25, -0.2) is 4.79 Å². The molecule has 0 aliphatic rings. The number of benzene rings is 1. The lowest BCUT2D eigenvalue weighted by Gasteiger charge is -2.12. The van der Waals surface area contributed by atoms with Crippen molar-refractivity contribution in [3.05, 3.63) is 30.3 Å². The Morgan fingerprint density at radius 2 is 2.05 bits per heavy atom. The molecule has 0 fully saturated rings. The number of thioether (sulfide) groups is 1. The highest BCUT2D eigenvalue weighted by Gasteiger charge is 2.17. The van der Waals surface area contributed by atoms with E-state index in [2.05, 4.69) is 5.32 Å². The van der Waals surface area contributed by atoms with E-state index in [1.54, 1.807) is 0 Å². The molecule has 1 aromatic carbocycles. The van der Waals surface area contributed by atoms with E-state index in [4.69, 9.17) is 9.84 Å². The molecule has 0 bridgehead atoms. The third kappa shape index (κ3) is 7.04. The maximum Gasteiger partial charge on any atom is 0.327 e. The molecule has 1 rings (SSSR count). The van der Waals surface area contributed by atoms with E-state index in [0.29, 0.717) is 12.4 Å². The number of aliphatic carboxylic acids is 1. The molecule has 0 radical (unpaired) electrons. The zero-order valence-electron chi connectivity index (χ0n) is 11.4. The normalized spacial score (nSPS) is 11.7. The Bertz CT molecular complexity index is 424. The smallest absolute Gasteiger partial charge is 0.327 e. The van der Waals surface area contributed by atoms with Crippen LogP contribution in [-0.4, -0.2) is 41.1 Å². The molecule has 110 valence electrons. The molecule has 0 saturated heterocycles. The molecule has 1 atom stereocenters. The molecule has 2 N–H and O–H groups in total. The van der Waals surface area contributed by atoms with Crippen LogP contribution in [-0.2, 0) is 9.59 Å². The van der Waals surface area contributed by atoms with Gasteiger partial charge in [-0.05, 0) is 24.3 Å². The second-order valence-corrected chi connectivity index (χ2v) is 5.33. The van der Waals surface area contributed by atoms with Gasteiger partial charge in [0.25, 0.3) is 0 Å². The monoisotopic (exact) mass is 297 g/mol. The molecule has 0 spiro atoms. The zero-order valence-corrected chi connectivity index (χ0v) is 12.2. The molecule has 1 aromatic rings. The van der Waals surface area contributed by atoms with Crippen LogP contribution in [0.25, 0.3) is 0 Å². The molecule has 1 amide bonds. The lowest BCUT2D eigenvalue weighted by Crippen LogP contribution is -2.41. The summed E-state index contributed by atoms with van der Waals surface area (Å²) in [6.07, 6.45) is 0.825. The maximum absolute atomic E-state index is 10.9. The van der Waals surface area contributed by atoms with Gasteiger partial charge in [-0.15, -0.1) is 0 Å². The summed E-state index contributed by atoms with van der Waals surface area (Å²) in [5.74, 6) is 0.647.